The molecule has 10 heteroatoms. The van der Waals surface area contributed by atoms with Gasteiger partial charge in [-0.25, -0.2) is 0 Å². The summed E-state index contributed by atoms with van der Waals surface area (Å²) in [7, 11) is 1.13. The number of rotatable bonds is 58. The molecule has 84 heavy (non-hydrogen) atoms. The zero-order valence-corrected chi connectivity index (χ0v) is 54.7. The molecule has 0 aliphatic heterocycles. The second-order valence-electron chi connectivity index (χ2n) is 22.4. The van der Waals surface area contributed by atoms with E-state index >= 15 is 0 Å². The molecule has 2 atom stereocenters. The standard InChI is InChI=1S/C74H120NO8P/c1-6-8-10-12-14-16-18-20-22-24-26-28-30-32-34-36-37-39-41-43-45-47-49-51-53-55-57-59-61-63-65-67-74(77)83-72(71-82-84(78,79)81-69-68-75(3,4)5)70-80-73(76)66-64-62-60-58-56-54-52-50-48-46-44-42-40-38-35-33-31-29-27-25-23-21-19-17-15-13-11-9-7-2/h8-11,14-17,20-23,26-29,32-35,37,39-40,42-43,45-46,48,72H,6-7,12-13,18-19,24-25,30-31,36,38,41,44,47,49-71H2,1-5H3/b10-8-,11-9-,16-14-,17-15-,22-20-,23-21-,28-26-,29-27-,34-32-,35-33-,39-37-,42-40-,45-43-,48-46-. The van der Waals surface area contributed by atoms with Gasteiger partial charge < -0.3 is 27.9 Å². The highest BCUT2D eigenvalue weighted by Gasteiger charge is 2.22. The van der Waals surface area contributed by atoms with Crippen LogP contribution in [0.25, 0.3) is 0 Å². The summed E-state index contributed by atoms with van der Waals surface area (Å²) < 4.78 is 34.2. The summed E-state index contributed by atoms with van der Waals surface area (Å²) in [5.41, 5.74) is 0. The molecule has 0 saturated heterocycles. The fourth-order valence-corrected chi connectivity index (χ4v) is 8.99. The molecule has 0 rings (SSSR count). The number of unbranched alkanes of at least 4 members (excludes halogenated alkanes) is 16. The largest absolute Gasteiger partial charge is 0.756 e. The molecule has 0 aromatic rings. The van der Waals surface area contributed by atoms with E-state index in [9.17, 15) is 19.0 Å². The summed E-state index contributed by atoms with van der Waals surface area (Å²) in [6.07, 6.45) is 95.5. The van der Waals surface area contributed by atoms with Gasteiger partial charge >= 0.3 is 11.9 Å². The molecule has 0 aromatic heterocycles. The highest BCUT2D eigenvalue weighted by atomic mass is 31.2. The normalized spacial score (nSPS) is 14.3. The van der Waals surface area contributed by atoms with Gasteiger partial charge in [-0.2, -0.15) is 0 Å². The first-order valence-corrected chi connectivity index (χ1v) is 34.3. The van der Waals surface area contributed by atoms with Crippen LogP contribution < -0.4 is 4.89 Å². The highest BCUT2D eigenvalue weighted by molar-refractivity contribution is 7.45. The van der Waals surface area contributed by atoms with Crippen molar-refractivity contribution in [2.24, 2.45) is 0 Å². The summed E-state index contributed by atoms with van der Waals surface area (Å²) in [5, 5.41) is 0. The first-order chi connectivity index (χ1) is 41.0. The van der Waals surface area contributed by atoms with E-state index in [0.717, 1.165) is 141 Å². The second-order valence-corrected chi connectivity index (χ2v) is 23.8. The van der Waals surface area contributed by atoms with Crippen LogP contribution >= 0.6 is 7.82 Å². The highest BCUT2D eigenvalue weighted by Crippen LogP contribution is 2.38. The van der Waals surface area contributed by atoms with Crippen molar-refractivity contribution in [2.75, 3.05) is 47.5 Å². The molecule has 0 aliphatic rings. The third kappa shape index (κ3) is 66.5. The summed E-state index contributed by atoms with van der Waals surface area (Å²) in [4.78, 5) is 38.0. The quantitative estimate of drug-likeness (QED) is 0.0195. The van der Waals surface area contributed by atoms with E-state index in [1.807, 2.05) is 21.1 Å². The van der Waals surface area contributed by atoms with Gasteiger partial charge in [0.15, 0.2) is 6.10 Å². The SMILES string of the molecule is CC/C=C\C/C=C\C/C=C\C/C=C\C/C=C\C/C=C\C/C=C\CCCCCCCCCCCC(=O)OC(COC(=O)CCCCCCCCC/C=C\C/C=C\C/C=C\C/C=C\C/C=C\C/C=C\C/C=C\CC)COP(=O)([O-])OCC[N+](C)(C)C. The molecule has 0 amide bonds. The van der Waals surface area contributed by atoms with Gasteiger partial charge in [0, 0.05) is 12.8 Å². The fourth-order valence-electron chi connectivity index (χ4n) is 8.26. The van der Waals surface area contributed by atoms with Crippen LogP contribution in [0.3, 0.4) is 0 Å². The van der Waals surface area contributed by atoms with Crippen LogP contribution in [0.15, 0.2) is 170 Å². The van der Waals surface area contributed by atoms with Gasteiger partial charge in [0.25, 0.3) is 7.82 Å². The maximum absolute atomic E-state index is 12.9. The van der Waals surface area contributed by atoms with Gasteiger partial charge in [-0.15, -0.1) is 0 Å². The molecule has 0 fully saturated rings. The number of ether oxygens (including phenoxy) is 2. The van der Waals surface area contributed by atoms with Crippen molar-refractivity contribution in [3.63, 3.8) is 0 Å². The van der Waals surface area contributed by atoms with Gasteiger partial charge in [0.05, 0.1) is 27.7 Å². The van der Waals surface area contributed by atoms with Crippen LogP contribution in [-0.2, 0) is 32.7 Å². The summed E-state index contributed by atoms with van der Waals surface area (Å²) in [5.74, 6) is -0.865. The van der Waals surface area contributed by atoms with Crippen LogP contribution in [0, 0.1) is 0 Å². The average Bonchev–Trinajstić information content (AvgIpc) is 3.61. The lowest BCUT2D eigenvalue weighted by atomic mass is 10.1. The van der Waals surface area contributed by atoms with Crippen molar-refractivity contribution in [1.29, 1.82) is 0 Å². The molecule has 0 bridgehead atoms. The van der Waals surface area contributed by atoms with E-state index < -0.39 is 32.5 Å². The number of quaternary nitrogens is 1. The van der Waals surface area contributed by atoms with Crippen molar-refractivity contribution in [3.8, 4) is 0 Å². The second kappa shape index (κ2) is 62.9. The lowest BCUT2D eigenvalue weighted by Crippen LogP contribution is -2.37. The van der Waals surface area contributed by atoms with E-state index in [1.165, 1.54) is 51.4 Å². The summed E-state index contributed by atoms with van der Waals surface area (Å²) in [6, 6.07) is 0. The Bertz CT molecular complexity index is 2020. The predicted molar refractivity (Wildman–Crippen MR) is 360 cm³/mol. The van der Waals surface area contributed by atoms with Gasteiger partial charge in [0.2, 0.25) is 0 Å². The Balaban J connectivity index is 4.21. The molecule has 0 radical (unpaired) electrons. The Kier molecular flexibility index (Phi) is 59.4. The molecule has 2 unspecified atom stereocenters. The summed E-state index contributed by atoms with van der Waals surface area (Å²) in [6.45, 7) is 3.97. The number of phosphoric acid groups is 1. The number of hydrogen-bond acceptors (Lipinski definition) is 8. The Morgan fingerprint density at radius 1 is 0.369 bits per heavy atom. The van der Waals surface area contributed by atoms with E-state index in [0.29, 0.717) is 23.9 Å². The number of esters is 2. The zero-order chi connectivity index (χ0) is 61.2. The van der Waals surface area contributed by atoms with Crippen LogP contribution in [0.1, 0.15) is 232 Å². The Hall–Kier alpha value is -4.63. The molecule has 0 N–H and O–H groups in total. The van der Waals surface area contributed by atoms with Gasteiger partial charge in [0.1, 0.15) is 19.8 Å². The molecular weight excluding hydrogens is 1060 g/mol. The molecule has 0 saturated carbocycles. The maximum Gasteiger partial charge on any atom is 0.306 e. The van der Waals surface area contributed by atoms with Crippen molar-refractivity contribution >= 4 is 19.8 Å². The van der Waals surface area contributed by atoms with Crippen molar-refractivity contribution in [2.45, 2.75) is 238 Å². The van der Waals surface area contributed by atoms with Gasteiger partial charge in [-0.1, -0.05) is 261 Å². The smallest absolute Gasteiger partial charge is 0.306 e. The monoisotopic (exact) mass is 1180 g/mol. The number of carbonyl (C=O) groups excluding carboxylic acids is 2. The average molecular weight is 1180 g/mol. The minimum absolute atomic E-state index is 0.0438. The predicted octanol–water partition coefficient (Wildman–Crippen LogP) is 20.7. The molecule has 0 aromatic carbocycles. The van der Waals surface area contributed by atoms with Crippen LogP contribution in [0.4, 0.5) is 0 Å². The number of carbonyl (C=O) groups is 2. The van der Waals surface area contributed by atoms with Gasteiger partial charge in [-0.05, 0) is 128 Å². The van der Waals surface area contributed by atoms with Gasteiger partial charge in [-0.3, -0.25) is 14.2 Å². The van der Waals surface area contributed by atoms with Crippen molar-refractivity contribution in [1.82, 2.24) is 0 Å². The van der Waals surface area contributed by atoms with E-state index in [2.05, 4.69) is 184 Å². The first-order valence-electron chi connectivity index (χ1n) is 32.8. The van der Waals surface area contributed by atoms with Crippen molar-refractivity contribution < 1.29 is 42.1 Å². The van der Waals surface area contributed by atoms with Crippen LogP contribution in [0.2, 0.25) is 0 Å². The third-order valence-corrected chi connectivity index (χ3v) is 14.2. The maximum atomic E-state index is 12.9. The number of phosphoric ester groups is 1. The zero-order valence-electron chi connectivity index (χ0n) is 53.8. The minimum Gasteiger partial charge on any atom is -0.756 e. The molecule has 0 aliphatic carbocycles. The van der Waals surface area contributed by atoms with Crippen LogP contribution in [-0.4, -0.2) is 70.0 Å². The molecular formula is C74H120NO8P. The van der Waals surface area contributed by atoms with E-state index in [4.69, 9.17) is 18.5 Å². The number of likely N-dealkylation sites (N-methyl/N-ethyl adjacent to an activating group) is 1. The number of allylic oxidation sites excluding steroid dienone is 28. The number of nitrogens with zero attached hydrogens (tertiary/aromatic N) is 1. The first kappa shape index (κ1) is 79.4. The summed E-state index contributed by atoms with van der Waals surface area (Å²) >= 11 is 0. The number of hydrogen-bond donors (Lipinski definition) is 0. The van der Waals surface area contributed by atoms with E-state index in [-0.39, 0.29) is 26.1 Å². The molecule has 474 valence electrons. The Morgan fingerprint density at radius 2 is 0.643 bits per heavy atom. The topological polar surface area (TPSA) is 111 Å². The van der Waals surface area contributed by atoms with Crippen LogP contribution in [0.5, 0.6) is 0 Å². The third-order valence-electron chi connectivity index (χ3n) is 13.2. The molecule has 0 heterocycles. The Morgan fingerprint density at radius 3 is 0.952 bits per heavy atom. The Labute approximate surface area is 515 Å². The fraction of sp³-hybridized carbons (Fsp3) is 0.595. The molecule has 9 nitrogen and oxygen atoms in total. The van der Waals surface area contributed by atoms with E-state index in [1.54, 1.807) is 0 Å². The molecule has 0 spiro atoms. The minimum atomic E-state index is -4.66. The lowest BCUT2D eigenvalue weighted by molar-refractivity contribution is -0.870. The lowest BCUT2D eigenvalue weighted by Gasteiger charge is -2.28. The van der Waals surface area contributed by atoms with Crippen molar-refractivity contribution in [3.05, 3.63) is 170 Å².